The van der Waals surface area contributed by atoms with Gasteiger partial charge in [-0.1, -0.05) is 6.92 Å². The van der Waals surface area contributed by atoms with Crippen LogP contribution in [0.3, 0.4) is 0 Å². The van der Waals surface area contributed by atoms with Gasteiger partial charge in [-0.2, -0.15) is 5.26 Å². The van der Waals surface area contributed by atoms with Gasteiger partial charge in [-0.05, 0) is 27.2 Å². The fraction of sp³-hybridized carbons (Fsp3) is 0.750. The average molecular weight is 239 g/mol. The van der Waals surface area contributed by atoms with Gasteiger partial charge in [0, 0.05) is 18.5 Å². The molecule has 0 rings (SSSR count). The Bertz CT molecular complexity index is 313. The van der Waals surface area contributed by atoms with Crippen molar-refractivity contribution in [2.75, 3.05) is 6.54 Å². The second kappa shape index (κ2) is 6.89. The van der Waals surface area contributed by atoms with E-state index >= 15 is 0 Å². The zero-order valence-corrected chi connectivity index (χ0v) is 11.0. The second-order valence-electron chi connectivity index (χ2n) is 4.93. The van der Waals surface area contributed by atoms with Crippen molar-refractivity contribution in [2.45, 2.75) is 46.1 Å². The largest absolute Gasteiger partial charge is 0.354 e. The van der Waals surface area contributed by atoms with Crippen LogP contribution in [-0.2, 0) is 9.59 Å². The summed E-state index contributed by atoms with van der Waals surface area (Å²) in [5.41, 5.74) is -0.264. The first-order valence-corrected chi connectivity index (χ1v) is 5.78. The predicted molar refractivity (Wildman–Crippen MR) is 64.9 cm³/mol. The molecular weight excluding hydrogens is 218 g/mol. The number of amides is 2. The molecule has 17 heavy (non-hydrogen) atoms. The van der Waals surface area contributed by atoms with E-state index in [-0.39, 0.29) is 30.3 Å². The van der Waals surface area contributed by atoms with Crippen molar-refractivity contribution in [3.8, 4) is 6.07 Å². The Labute approximate surface area is 103 Å². The van der Waals surface area contributed by atoms with Gasteiger partial charge in [-0.15, -0.1) is 0 Å². The van der Waals surface area contributed by atoms with Crippen LogP contribution < -0.4 is 10.6 Å². The summed E-state index contributed by atoms with van der Waals surface area (Å²) in [6.07, 6.45) is 0.710. The summed E-state index contributed by atoms with van der Waals surface area (Å²) in [5.74, 6) is -1.04. The Morgan fingerprint density at radius 2 is 1.94 bits per heavy atom. The SMILES string of the molecule is CCC(C#N)C(=O)NCCC(=O)NC(C)(C)C. The Kier molecular flexibility index (Phi) is 6.26. The van der Waals surface area contributed by atoms with Crippen LogP contribution in [0.25, 0.3) is 0 Å². The topological polar surface area (TPSA) is 82.0 Å². The Balaban J connectivity index is 3.89. The second-order valence-corrected chi connectivity index (χ2v) is 4.93. The number of hydrogen-bond acceptors (Lipinski definition) is 3. The average Bonchev–Trinajstić information content (AvgIpc) is 2.16. The van der Waals surface area contributed by atoms with E-state index in [1.54, 1.807) is 6.92 Å². The maximum atomic E-state index is 11.4. The van der Waals surface area contributed by atoms with E-state index in [0.29, 0.717) is 6.42 Å². The maximum Gasteiger partial charge on any atom is 0.237 e. The lowest BCUT2D eigenvalue weighted by Gasteiger charge is -2.20. The normalized spacial score (nSPS) is 12.4. The van der Waals surface area contributed by atoms with Crippen LogP contribution in [0.2, 0.25) is 0 Å². The highest BCUT2D eigenvalue weighted by Gasteiger charge is 2.16. The van der Waals surface area contributed by atoms with Crippen molar-refractivity contribution in [1.82, 2.24) is 10.6 Å². The smallest absolute Gasteiger partial charge is 0.237 e. The molecule has 5 heteroatoms. The third-order valence-corrected chi connectivity index (χ3v) is 2.05. The van der Waals surface area contributed by atoms with Gasteiger partial charge in [0.05, 0.1) is 6.07 Å². The first-order chi connectivity index (χ1) is 7.80. The molecule has 0 spiro atoms. The van der Waals surface area contributed by atoms with E-state index in [4.69, 9.17) is 5.26 Å². The number of nitrogens with one attached hydrogen (secondary N) is 2. The van der Waals surface area contributed by atoms with Gasteiger partial charge in [-0.25, -0.2) is 0 Å². The summed E-state index contributed by atoms with van der Waals surface area (Å²) in [6, 6.07) is 1.92. The molecule has 0 aliphatic rings. The molecule has 0 radical (unpaired) electrons. The Morgan fingerprint density at radius 3 is 2.35 bits per heavy atom. The fourth-order valence-corrected chi connectivity index (χ4v) is 1.24. The summed E-state index contributed by atoms with van der Waals surface area (Å²) >= 11 is 0. The lowest BCUT2D eigenvalue weighted by molar-refractivity contribution is -0.124. The molecule has 0 aromatic heterocycles. The van der Waals surface area contributed by atoms with Gasteiger partial charge in [0.1, 0.15) is 5.92 Å². The van der Waals surface area contributed by atoms with Crippen LogP contribution in [0.1, 0.15) is 40.5 Å². The maximum absolute atomic E-state index is 11.4. The minimum Gasteiger partial charge on any atom is -0.354 e. The van der Waals surface area contributed by atoms with Crippen molar-refractivity contribution in [2.24, 2.45) is 5.92 Å². The minimum atomic E-state index is -0.624. The van der Waals surface area contributed by atoms with E-state index in [0.717, 1.165) is 0 Å². The molecule has 96 valence electrons. The number of hydrogen-bond donors (Lipinski definition) is 2. The van der Waals surface area contributed by atoms with Crippen LogP contribution in [0.15, 0.2) is 0 Å². The van der Waals surface area contributed by atoms with Crippen LogP contribution in [0, 0.1) is 17.2 Å². The predicted octanol–water partition coefficient (Wildman–Crippen LogP) is 0.957. The first kappa shape index (κ1) is 15.4. The zero-order valence-electron chi connectivity index (χ0n) is 11.0. The summed E-state index contributed by atoms with van der Waals surface area (Å²) in [7, 11) is 0. The molecule has 0 saturated heterocycles. The van der Waals surface area contributed by atoms with Crippen molar-refractivity contribution in [1.29, 1.82) is 5.26 Å². The van der Waals surface area contributed by atoms with Crippen molar-refractivity contribution >= 4 is 11.8 Å². The van der Waals surface area contributed by atoms with E-state index in [9.17, 15) is 9.59 Å². The zero-order chi connectivity index (χ0) is 13.5. The molecule has 1 atom stereocenters. The molecule has 0 fully saturated rings. The van der Waals surface area contributed by atoms with Gasteiger partial charge in [0.15, 0.2) is 0 Å². The molecule has 2 amide bonds. The highest BCUT2D eigenvalue weighted by molar-refractivity contribution is 5.82. The van der Waals surface area contributed by atoms with Crippen molar-refractivity contribution < 1.29 is 9.59 Å². The highest BCUT2D eigenvalue weighted by atomic mass is 16.2. The standard InChI is InChI=1S/C12H21N3O2/c1-5-9(8-13)11(17)14-7-6-10(16)15-12(2,3)4/h9H,5-7H2,1-4H3,(H,14,17)(H,15,16). The summed E-state index contributed by atoms with van der Waals surface area (Å²) < 4.78 is 0. The molecule has 0 aliphatic carbocycles. The molecule has 0 heterocycles. The molecule has 0 saturated carbocycles. The van der Waals surface area contributed by atoms with Gasteiger partial charge in [-0.3, -0.25) is 9.59 Å². The molecular formula is C12H21N3O2. The summed E-state index contributed by atoms with van der Waals surface area (Å²) in [6.45, 7) is 7.73. The number of rotatable bonds is 5. The number of carbonyl (C=O) groups excluding carboxylic acids is 2. The Morgan fingerprint density at radius 1 is 1.35 bits per heavy atom. The third kappa shape index (κ3) is 7.34. The quantitative estimate of drug-likeness (QED) is 0.749. The van der Waals surface area contributed by atoms with Gasteiger partial charge in [0.2, 0.25) is 11.8 Å². The van der Waals surface area contributed by atoms with Crippen molar-refractivity contribution in [3.63, 3.8) is 0 Å². The van der Waals surface area contributed by atoms with Crippen LogP contribution >= 0.6 is 0 Å². The van der Waals surface area contributed by atoms with Crippen LogP contribution in [0.5, 0.6) is 0 Å². The van der Waals surface area contributed by atoms with Crippen LogP contribution in [0.4, 0.5) is 0 Å². The van der Waals surface area contributed by atoms with Crippen molar-refractivity contribution in [3.05, 3.63) is 0 Å². The molecule has 0 aromatic rings. The first-order valence-electron chi connectivity index (χ1n) is 5.78. The number of carbonyl (C=O) groups is 2. The summed E-state index contributed by atoms with van der Waals surface area (Å²) in [4.78, 5) is 22.8. The lowest BCUT2D eigenvalue weighted by atomic mass is 10.1. The van der Waals surface area contributed by atoms with Gasteiger partial charge >= 0.3 is 0 Å². The van der Waals surface area contributed by atoms with E-state index in [1.807, 2.05) is 26.8 Å². The Hall–Kier alpha value is -1.57. The molecule has 5 nitrogen and oxygen atoms in total. The molecule has 1 unspecified atom stereocenters. The van der Waals surface area contributed by atoms with E-state index < -0.39 is 5.92 Å². The van der Waals surface area contributed by atoms with E-state index in [2.05, 4.69) is 10.6 Å². The fourth-order valence-electron chi connectivity index (χ4n) is 1.24. The van der Waals surface area contributed by atoms with E-state index in [1.165, 1.54) is 0 Å². The van der Waals surface area contributed by atoms with Gasteiger partial charge in [0.25, 0.3) is 0 Å². The lowest BCUT2D eigenvalue weighted by Crippen LogP contribution is -2.42. The summed E-state index contributed by atoms with van der Waals surface area (Å²) in [5, 5.41) is 14.0. The van der Waals surface area contributed by atoms with Gasteiger partial charge < -0.3 is 10.6 Å². The monoisotopic (exact) mass is 239 g/mol. The molecule has 0 aromatic carbocycles. The van der Waals surface area contributed by atoms with Crippen LogP contribution in [-0.4, -0.2) is 23.9 Å². The molecule has 2 N–H and O–H groups in total. The number of nitriles is 1. The third-order valence-electron chi connectivity index (χ3n) is 2.05. The molecule has 0 bridgehead atoms. The highest BCUT2D eigenvalue weighted by Crippen LogP contribution is 2.01. The molecule has 0 aliphatic heterocycles. The number of nitrogens with zero attached hydrogens (tertiary/aromatic N) is 1. The minimum absolute atomic E-state index is 0.109.